The number of aliphatic imine (C=N–C) groups is 1. The zero-order valence-corrected chi connectivity index (χ0v) is 17.3. The van der Waals surface area contributed by atoms with E-state index in [-0.39, 0.29) is 12.5 Å². The van der Waals surface area contributed by atoms with Crippen molar-refractivity contribution in [3.8, 4) is 0 Å². The maximum Gasteiger partial charge on any atom is 0.249 e. The van der Waals surface area contributed by atoms with Gasteiger partial charge in [0, 0.05) is 28.4 Å². The molecule has 0 atom stereocenters. The second kappa shape index (κ2) is 7.56. The number of amides is 1. The summed E-state index contributed by atoms with van der Waals surface area (Å²) in [6.45, 7) is 2.81. The molecule has 0 radical (unpaired) electrons. The highest BCUT2D eigenvalue weighted by atomic mass is 32.1. The second-order valence-electron chi connectivity index (χ2n) is 7.76. The van der Waals surface area contributed by atoms with Gasteiger partial charge in [-0.05, 0) is 49.8 Å². The summed E-state index contributed by atoms with van der Waals surface area (Å²) in [5.74, 6) is 0.0517. The Morgan fingerprint density at radius 2 is 1.93 bits per heavy atom. The van der Waals surface area contributed by atoms with E-state index in [9.17, 15) is 4.79 Å². The molecule has 0 bridgehead atoms. The summed E-state index contributed by atoms with van der Waals surface area (Å²) < 4.78 is 0. The van der Waals surface area contributed by atoms with Gasteiger partial charge in [0.1, 0.15) is 11.5 Å². The highest BCUT2D eigenvalue weighted by molar-refractivity contribution is 7.17. The highest BCUT2D eigenvalue weighted by Gasteiger charge is 2.32. The van der Waals surface area contributed by atoms with Gasteiger partial charge in [-0.2, -0.15) is 0 Å². The summed E-state index contributed by atoms with van der Waals surface area (Å²) in [5, 5.41) is 1.06. The number of aromatic nitrogens is 1. The summed E-state index contributed by atoms with van der Waals surface area (Å²) in [5.41, 5.74) is 6.92. The molecular weight excluding hydrogens is 378 g/mol. The molecule has 0 unspecified atom stereocenters. The molecule has 0 saturated heterocycles. The number of thiophene rings is 1. The fourth-order valence-electron chi connectivity index (χ4n) is 4.19. The molecular formula is C24H23N3OS. The number of fused-ring (bicyclic) bond motifs is 3. The normalized spacial score (nSPS) is 16.1. The Morgan fingerprint density at radius 3 is 2.72 bits per heavy atom. The number of aryl methyl sites for hydroxylation is 2. The molecule has 4 nitrogen and oxygen atoms in total. The predicted octanol–water partition coefficient (Wildman–Crippen LogP) is 4.71. The lowest BCUT2D eigenvalue weighted by molar-refractivity contribution is -0.117. The van der Waals surface area contributed by atoms with Gasteiger partial charge in [0.25, 0.3) is 0 Å². The van der Waals surface area contributed by atoms with Crippen LogP contribution in [0, 0.1) is 6.92 Å². The van der Waals surface area contributed by atoms with Crippen LogP contribution in [-0.2, 0) is 24.2 Å². The van der Waals surface area contributed by atoms with E-state index < -0.39 is 0 Å². The number of carbonyl (C=O) groups is 1. The minimum Gasteiger partial charge on any atom is -0.297 e. The largest absolute Gasteiger partial charge is 0.297 e. The lowest BCUT2D eigenvalue weighted by Crippen LogP contribution is -2.31. The van der Waals surface area contributed by atoms with Gasteiger partial charge in [0.2, 0.25) is 5.91 Å². The van der Waals surface area contributed by atoms with Gasteiger partial charge < -0.3 is 0 Å². The van der Waals surface area contributed by atoms with Crippen LogP contribution in [0.5, 0.6) is 0 Å². The van der Waals surface area contributed by atoms with Crippen LogP contribution < -0.4 is 4.90 Å². The maximum absolute atomic E-state index is 13.1. The molecule has 29 heavy (non-hydrogen) atoms. The van der Waals surface area contributed by atoms with Gasteiger partial charge in [-0.25, -0.2) is 0 Å². The number of hydrogen-bond donors (Lipinski definition) is 0. The van der Waals surface area contributed by atoms with Crippen LogP contribution in [0.4, 0.5) is 5.00 Å². The Morgan fingerprint density at radius 1 is 1.10 bits per heavy atom. The number of nitrogens with zero attached hydrogens (tertiary/aromatic N) is 3. The summed E-state index contributed by atoms with van der Waals surface area (Å²) in [7, 11) is 0. The first-order valence-corrected chi connectivity index (χ1v) is 11.0. The van der Waals surface area contributed by atoms with Gasteiger partial charge in [0.05, 0.1) is 12.3 Å². The number of pyridine rings is 1. The first-order chi connectivity index (χ1) is 14.2. The summed E-state index contributed by atoms with van der Waals surface area (Å²) >= 11 is 1.79. The lowest BCUT2D eigenvalue weighted by Gasteiger charge is -2.20. The number of rotatable bonds is 3. The van der Waals surface area contributed by atoms with Crippen molar-refractivity contribution < 1.29 is 4.79 Å². The summed E-state index contributed by atoms with van der Waals surface area (Å²) in [6.07, 6.45) is 8.20. The van der Waals surface area contributed by atoms with Crippen molar-refractivity contribution >= 4 is 28.0 Å². The Labute approximate surface area is 174 Å². The van der Waals surface area contributed by atoms with E-state index in [0.717, 1.165) is 34.7 Å². The Balaban J connectivity index is 1.66. The highest BCUT2D eigenvalue weighted by Crippen LogP contribution is 2.43. The molecule has 1 amide bonds. The van der Waals surface area contributed by atoms with Gasteiger partial charge in [-0.15, -0.1) is 11.3 Å². The number of hydrogen-bond acceptors (Lipinski definition) is 4. The molecule has 1 aromatic carbocycles. The Bertz CT molecular complexity index is 1080. The molecule has 0 spiro atoms. The minimum absolute atomic E-state index is 0.0517. The van der Waals surface area contributed by atoms with Crippen molar-refractivity contribution in [2.24, 2.45) is 4.99 Å². The van der Waals surface area contributed by atoms with Crippen LogP contribution in [0.1, 0.15) is 45.5 Å². The molecule has 146 valence electrons. The third kappa shape index (κ3) is 3.40. The van der Waals surface area contributed by atoms with E-state index in [1.165, 1.54) is 34.4 Å². The molecule has 1 aliphatic heterocycles. The van der Waals surface area contributed by atoms with Crippen molar-refractivity contribution in [3.05, 3.63) is 81.5 Å². The first-order valence-electron chi connectivity index (χ1n) is 10.2. The molecule has 3 heterocycles. The smallest absolute Gasteiger partial charge is 0.249 e. The van der Waals surface area contributed by atoms with Crippen molar-refractivity contribution in [2.75, 3.05) is 11.4 Å². The fourth-order valence-corrected chi connectivity index (χ4v) is 5.60. The van der Waals surface area contributed by atoms with Crippen LogP contribution in [0.3, 0.4) is 0 Å². The van der Waals surface area contributed by atoms with Gasteiger partial charge >= 0.3 is 0 Å². The van der Waals surface area contributed by atoms with Crippen molar-refractivity contribution in [1.82, 2.24) is 4.98 Å². The molecule has 2 aliphatic rings. The van der Waals surface area contributed by atoms with E-state index in [4.69, 9.17) is 4.99 Å². The maximum atomic E-state index is 13.1. The van der Waals surface area contributed by atoms with Crippen LogP contribution in [-0.4, -0.2) is 23.1 Å². The summed E-state index contributed by atoms with van der Waals surface area (Å²) in [6, 6.07) is 12.5. The zero-order chi connectivity index (χ0) is 19.8. The topological polar surface area (TPSA) is 45.6 Å². The van der Waals surface area contributed by atoms with Crippen molar-refractivity contribution in [1.29, 1.82) is 0 Å². The molecule has 0 saturated carbocycles. The van der Waals surface area contributed by atoms with Crippen LogP contribution >= 0.6 is 11.3 Å². The number of benzene rings is 1. The van der Waals surface area contributed by atoms with Crippen LogP contribution in [0.2, 0.25) is 0 Å². The Kier molecular flexibility index (Phi) is 4.76. The van der Waals surface area contributed by atoms with Crippen molar-refractivity contribution in [2.45, 2.75) is 39.2 Å². The number of carbonyl (C=O) groups excluding carboxylic acids is 1. The van der Waals surface area contributed by atoms with Crippen LogP contribution in [0.25, 0.3) is 0 Å². The molecule has 0 N–H and O–H groups in total. The van der Waals surface area contributed by atoms with Gasteiger partial charge in [-0.3, -0.25) is 19.7 Å². The van der Waals surface area contributed by atoms with Crippen LogP contribution in [0.15, 0.2) is 53.8 Å². The third-order valence-electron chi connectivity index (χ3n) is 5.70. The van der Waals surface area contributed by atoms with E-state index >= 15 is 0 Å². The van der Waals surface area contributed by atoms with Gasteiger partial charge in [0.15, 0.2) is 0 Å². The fraction of sp³-hybridized carbons (Fsp3) is 0.292. The van der Waals surface area contributed by atoms with E-state index in [1.807, 2.05) is 23.2 Å². The number of anilines is 1. The van der Waals surface area contributed by atoms with Gasteiger partial charge in [-0.1, -0.05) is 35.9 Å². The van der Waals surface area contributed by atoms with Crippen molar-refractivity contribution in [3.63, 3.8) is 0 Å². The minimum atomic E-state index is 0.0517. The molecule has 1 aliphatic carbocycles. The molecule has 2 aromatic heterocycles. The molecule has 5 heteroatoms. The van der Waals surface area contributed by atoms with E-state index in [1.54, 1.807) is 17.5 Å². The molecule has 0 fully saturated rings. The van der Waals surface area contributed by atoms with E-state index in [0.29, 0.717) is 6.54 Å². The molecule has 5 rings (SSSR count). The lowest BCUT2D eigenvalue weighted by atomic mass is 9.91. The van der Waals surface area contributed by atoms with E-state index in [2.05, 4.69) is 36.2 Å². The first kappa shape index (κ1) is 18.3. The summed E-state index contributed by atoms with van der Waals surface area (Å²) in [4.78, 5) is 25.5. The standard InChI is InChI=1S/C24H23N3OS/c1-16-8-10-18(11-9-16)23-22-19-6-2-3-7-20(19)29-24(22)27(21(28)14-26-23)15-17-5-4-12-25-13-17/h4-5,8-13H,2-3,6-7,14-15H2,1H3. The zero-order valence-electron chi connectivity index (χ0n) is 16.5. The molecule has 3 aromatic rings. The second-order valence-corrected chi connectivity index (χ2v) is 8.85. The quantitative estimate of drug-likeness (QED) is 0.638. The Hall–Kier alpha value is -2.79. The average molecular weight is 402 g/mol. The predicted molar refractivity (Wildman–Crippen MR) is 118 cm³/mol. The SMILES string of the molecule is Cc1ccc(C2=NCC(=O)N(Cc3cccnc3)c3sc4c(c32)CCCC4)cc1. The average Bonchev–Trinajstić information content (AvgIpc) is 3.07. The third-order valence-corrected chi connectivity index (χ3v) is 7.01. The monoisotopic (exact) mass is 401 g/mol.